The molecule has 5 nitrogen and oxygen atoms in total. The second-order valence-electron chi connectivity index (χ2n) is 6.68. The second-order valence-corrected chi connectivity index (χ2v) is 6.68. The van der Waals surface area contributed by atoms with Gasteiger partial charge in [0.25, 0.3) is 0 Å². The lowest BCUT2D eigenvalue weighted by Crippen LogP contribution is -2.10. The molecule has 0 N–H and O–H groups in total. The fraction of sp³-hybridized carbons (Fsp3) is 0.143. The summed E-state index contributed by atoms with van der Waals surface area (Å²) in [5.41, 5.74) is 4.08. The van der Waals surface area contributed by atoms with E-state index in [-0.39, 0.29) is 11.6 Å². The van der Waals surface area contributed by atoms with Gasteiger partial charge in [-0.2, -0.15) is 9.61 Å². The van der Waals surface area contributed by atoms with E-state index < -0.39 is 6.17 Å². The Hall–Kier alpha value is -3.48. The number of benzene rings is 1. The van der Waals surface area contributed by atoms with Crippen molar-refractivity contribution in [3.05, 3.63) is 83.2 Å². The van der Waals surface area contributed by atoms with E-state index in [2.05, 4.69) is 20.3 Å². The van der Waals surface area contributed by atoms with E-state index in [0.717, 1.165) is 11.3 Å². The second kappa shape index (κ2) is 6.60. The van der Waals surface area contributed by atoms with Crippen LogP contribution >= 0.6 is 0 Å². The van der Waals surface area contributed by atoms with Gasteiger partial charge in [-0.3, -0.25) is 4.98 Å². The van der Waals surface area contributed by atoms with Crippen LogP contribution in [0, 0.1) is 5.82 Å². The highest BCUT2D eigenvalue weighted by Crippen LogP contribution is 2.33. The van der Waals surface area contributed by atoms with Crippen molar-refractivity contribution in [2.24, 2.45) is 0 Å². The number of halogens is 2. The molecule has 0 spiro atoms. The first-order valence-electron chi connectivity index (χ1n) is 8.96. The summed E-state index contributed by atoms with van der Waals surface area (Å²) in [6, 6.07) is 13.3. The average Bonchev–Trinajstić information content (AvgIpc) is 3.16. The molecule has 0 radical (unpaired) electrons. The van der Waals surface area contributed by atoms with Crippen LogP contribution in [0.1, 0.15) is 29.7 Å². The molecule has 3 aromatic heterocycles. The number of rotatable bonds is 3. The highest BCUT2D eigenvalue weighted by molar-refractivity contribution is 5.61. The zero-order chi connectivity index (χ0) is 19.1. The molecule has 4 aromatic rings. The van der Waals surface area contributed by atoms with Crippen molar-refractivity contribution in [3.8, 4) is 11.3 Å². The Morgan fingerprint density at radius 2 is 1.93 bits per heavy atom. The van der Waals surface area contributed by atoms with Crippen LogP contribution in [0.5, 0.6) is 0 Å². The van der Waals surface area contributed by atoms with Crippen molar-refractivity contribution >= 4 is 11.7 Å². The lowest BCUT2D eigenvalue weighted by atomic mass is 9.93. The van der Waals surface area contributed by atoms with Crippen molar-refractivity contribution in [1.29, 1.82) is 0 Å². The predicted octanol–water partition coefficient (Wildman–Crippen LogP) is 4.37. The summed E-state index contributed by atoms with van der Waals surface area (Å²) in [6.07, 6.45) is 3.38. The van der Waals surface area contributed by atoms with E-state index in [1.165, 1.54) is 16.6 Å². The first kappa shape index (κ1) is 16.7. The Bertz CT molecular complexity index is 1210. The fourth-order valence-electron chi connectivity index (χ4n) is 3.46. The van der Waals surface area contributed by atoms with Crippen LogP contribution in [-0.2, 0) is 6.42 Å². The molecule has 0 saturated carbocycles. The van der Waals surface area contributed by atoms with E-state index in [1.807, 2.05) is 18.2 Å². The normalized spacial score (nSPS) is 14.6. The third-order valence-corrected chi connectivity index (χ3v) is 4.88. The van der Waals surface area contributed by atoms with Gasteiger partial charge in [0.1, 0.15) is 5.82 Å². The average molecular weight is 375 g/mol. The maximum absolute atomic E-state index is 15.4. The Kier molecular flexibility index (Phi) is 3.93. The third kappa shape index (κ3) is 2.85. The quantitative estimate of drug-likeness (QED) is 0.534. The van der Waals surface area contributed by atoms with Crippen LogP contribution in [0.15, 0.2) is 60.3 Å². The molecule has 0 fully saturated rings. The lowest BCUT2D eigenvalue weighted by Gasteiger charge is -2.17. The summed E-state index contributed by atoms with van der Waals surface area (Å²) in [6.45, 7) is 0. The zero-order valence-electron chi connectivity index (χ0n) is 14.8. The number of fused-ring (bicyclic) bond motifs is 2. The van der Waals surface area contributed by atoms with Gasteiger partial charge < -0.3 is 0 Å². The minimum atomic E-state index is -1.43. The number of hydrogen-bond acceptors (Lipinski definition) is 4. The van der Waals surface area contributed by atoms with Crippen molar-refractivity contribution in [3.63, 3.8) is 0 Å². The van der Waals surface area contributed by atoms with Gasteiger partial charge in [0, 0.05) is 17.5 Å². The number of pyridine rings is 1. The lowest BCUT2D eigenvalue weighted by molar-refractivity contribution is 0.363. The number of aromatic nitrogens is 5. The molecule has 138 valence electrons. The molecule has 1 unspecified atom stereocenters. The van der Waals surface area contributed by atoms with E-state index in [1.54, 1.807) is 30.5 Å². The van der Waals surface area contributed by atoms with Gasteiger partial charge in [-0.1, -0.05) is 24.3 Å². The van der Waals surface area contributed by atoms with Crippen molar-refractivity contribution in [2.45, 2.75) is 19.0 Å². The first-order chi connectivity index (χ1) is 13.7. The molecule has 1 aromatic carbocycles. The fourth-order valence-corrected chi connectivity index (χ4v) is 3.46. The molecule has 1 atom stereocenters. The molecule has 1 aliphatic carbocycles. The minimum Gasteiger partial charge on any atom is -0.261 e. The van der Waals surface area contributed by atoms with Crippen molar-refractivity contribution in [2.75, 3.05) is 0 Å². The molecule has 3 heterocycles. The summed E-state index contributed by atoms with van der Waals surface area (Å²) < 4.78 is 30.3. The molecule has 28 heavy (non-hydrogen) atoms. The molecule has 1 aliphatic rings. The summed E-state index contributed by atoms with van der Waals surface area (Å²) in [5.74, 6) is -0.238. The largest absolute Gasteiger partial charge is 0.261 e. The molecule has 0 saturated heterocycles. The Morgan fingerprint density at radius 1 is 1.00 bits per heavy atom. The molecule has 0 aliphatic heterocycles. The standard InChI is InChI=1S/C21H15F2N5/c22-16-5-1-3-14(12-16)18-8-9-19-25-26-21(28(19)27-18)20(23)15-6-7-17-13(11-15)4-2-10-24-17/h1-5,8-12,20H,6-7H2. The highest BCUT2D eigenvalue weighted by Gasteiger charge is 2.25. The number of nitrogens with zero attached hydrogens (tertiary/aromatic N) is 5. The zero-order valence-corrected chi connectivity index (χ0v) is 14.8. The van der Waals surface area contributed by atoms with Crippen molar-refractivity contribution < 1.29 is 8.78 Å². The summed E-state index contributed by atoms with van der Waals surface area (Å²) >= 11 is 0. The molecule has 7 heteroatoms. The monoisotopic (exact) mass is 375 g/mol. The van der Waals surface area contributed by atoms with E-state index in [9.17, 15) is 4.39 Å². The Balaban J connectivity index is 1.56. The Morgan fingerprint density at radius 3 is 2.82 bits per heavy atom. The van der Waals surface area contributed by atoms with Gasteiger partial charge in [-0.15, -0.1) is 10.2 Å². The van der Waals surface area contributed by atoms with Gasteiger partial charge in [-0.05, 0) is 54.3 Å². The number of aryl methyl sites for hydroxylation is 1. The van der Waals surface area contributed by atoms with Gasteiger partial charge in [0.05, 0.1) is 5.69 Å². The van der Waals surface area contributed by atoms with E-state index in [4.69, 9.17) is 0 Å². The molecular weight excluding hydrogens is 360 g/mol. The van der Waals surface area contributed by atoms with Crippen LogP contribution in [0.3, 0.4) is 0 Å². The van der Waals surface area contributed by atoms with Gasteiger partial charge in [-0.25, -0.2) is 8.78 Å². The maximum Gasteiger partial charge on any atom is 0.193 e. The minimum absolute atomic E-state index is 0.117. The smallest absolute Gasteiger partial charge is 0.193 e. The van der Waals surface area contributed by atoms with Crippen molar-refractivity contribution in [1.82, 2.24) is 24.8 Å². The number of allylic oxidation sites excluding steroid dienone is 1. The van der Waals surface area contributed by atoms with Gasteiger partial charge >= 0.3 is 0 Å². The topological polar surface area (TPSA) is 56.0 Å². The molecule has 0 amide bonds. The highest BCUT2D eigenvalue weighted by atomic mass is 19.1. The van der Waals surface area contributed by atoms with Crippen LogP contribution in [0.25, 0.3) is 23.0 Å². The summed E-state index contributed by atoms with van der Waals surface area (Å²) in [4.78, 5) is 4.33. The number of hydrogen-bond donors (Lipinski definition) is 0. The Labute approximate surface area is 159 Å². The van der Waals surface area contributed by atoms with Crippen LogP contribution in [0.2, 0.25) is 0 Å². The first-order valence-corrected chi connectivity index (χ1v) is 8.96. The predicted molar refractivity (Wildman–Crippen MR) is 101 cm³/mol. The summed E-state index contributed by atoms with van der Waals surface area (Å²) in [5, 5.41) is 12.5. The van der Waals surface area contributed by atoms with Gasteiger partial charge in [0.15, 0.2) is 17.6 Å². The molecule has 5 rings (SSSR count). The van der Waals surface area contributed by atoms with Crippen LogP contribution < -0.4 is 0 Å². The number of alkyl halides is 1. The van der Waals surface area contributed by atoms with Gasteiger partial charge in [0.2, 0.25) is 0 Å². The van der Waals surface area contributed by atoms with Crippen LogP contribution in [-0.4, -0.2) is 24.8 Å². The molecule has 0 bridgehead atoms. The summed E-state index contributed by atoms with van der Waals surface area (Å²) in [7, 11) is 0. The van der Waals surface area contributed by atoms with E-state index >= 15 is 4.39 Å². The van der Waals surface area contributed by atoms with E-state index in [0.29, 0.717) is 35.3 Å². The maximum atomic E-state index is 15.4. The van der Waals surface area contributed by atoms with Crippen LogP contribution in [0.4, 0.5) is 8.78 Å². The third-order valence-electron chi connectivity index (χ3n) is 4.88. The molecular formula is C21H15F2N5. The SMILES string of the molecule is Fc1cccc(-c2ccc3nnc(C(F)C4=Cc5cccnc5CC4)n3n2)c1.